The lowest BCUT2D eigenvalue weighted by atomic mass is 9.73. The number of anilines is 6. The zero-order valence-electron chi connectivity index (χ0n) is 53.1. The molecule has 0 fully saturated rings. The molecule has 12 N–H and O–H groups in total. The summed E-state index contributed by atoms with van der Waals surface area (Å²) in [6.45, 7) is 4.41. The molecule has 21 heteroatoms. The quantitative estimate of drug-likeness (QED) is 0.0326. The lowest BCUT2D eigenvalue weighted by Crippen LogP contribution is -2.54. The van der Waals surface area contributed by atoms with E-state index in [1.807, 2.05) is 97.1 Å². The summed E-state index contributed by atoms with van der Waals surface area (Å²) in [4.78, 5) is 0.514. The zero-order valence-corrected chi connectivity index (χ0v) is 53.9. The van der Waals surface area contributed by atoms with Crippen molar-refractivity contribution in [3.63, 3.8) is 0 Å². The minimum absolute atomic E-state index is 0. The fraction of sp³-hybridized carbons (Fsp3) is 0.0886. The Morgan fingerprint density at radius 3 is 0.750 bits per heavy atom. The van der Waals surface area contributed by atoms with Crippen molar-refractivity contribution in [2.75, 3.05) is 34.4 Å². The summed E-state index contributed by atoms with van der Waals surface area (Å²) < 4.78 is 139. The van der Waals surface area contributed by atoms with E-state index in [1.165, 1.54) is 35.4 Å². The largest absolute Gasteiger partial charge is 0.457 e. The normalized spacial score (nSPS) is 11.6. The van der Waals surface area contributed by atoms with Crippen LogP contribution in [0.4, 0.5) is 60.5 Å². The summed E-state index contributed by atoms with van der Waals surface area (Å²) in [7, 11) is 0. The molecule has 0 aliphatic carbocycles. The molecule has 0 radical (unpaired) electrons. The third kappa shape index (κ3) is 18.7. The first-order valence-electron chi connectivity index (χ1n) is 30.4. The minimum Gasteiger partial charge on any atom is -0.457 e. The molecule has 0 saturated carbocycles. The molecule has 100 heavy (non-hydrogen) atoms. The second kappa shape index (κ2) is 31.8. The molecule has 0 aliphatic heterocycles. The first-order valence-corrected chi connectivity index (χ1v) is 31.5. The maximum atomic E-state index is 14.4. The van der Waals surface area contributed by atoms with Gasteiger partial charge in [-0.1, -0.05) is 81.9 Å². The Balaban J connectivity index is 0.000000175. The molecule has 0 aliphatic rings. The van der Waals surface area contributed by atoms with Gasteiger partial charge in [0.1, 0.15) is 74.7 Å². The monoisotopic (exact) mass is 1380 g/mol. The van der Waals surface area contributed by atoms with Crippen LogP contribution >= 0.6 is 0 Å². The summed E-state index contributed by atoms with van der Waals surface area (Å²) in [5.74, 6) is 6.79. The van der Waals surface area contributed by atoms with Crippen LogP contribution in [0.2, 0.25) is 0 Å². The fourth-order valence-electron chi connectivity index (χ4n) is 10.0. The minimum atomic E-state index is -5.72. The molecule has 12 aromatic carbocycles. The van der Waals surface area contributed by atoms with Gasteiger partial charge in [-0.2, -0.15) is 26.3 Å². The number of hydrogen-bond donors (Lipinski definition) is 6. The highest BCUT2D eigenvalue weighted by molar-refractivity contribution is 7.80. The number of alkyl halides is 6. The first-order chi connectivity index (χ1) is 47.3. The van der Waals surface area contributed by atoms with Gasteiger partial charge in [-0.05, 0) is 241 Å². The number of halogens is 6. The summed E-state index contributed by atoms with van der Waals surface area (Å²) in [5.41, 5.74) is 33.7. The van der Waals surface area contributed by atoms with E-state index < -0.39 is 40.0 Å². The van der Waals surface area contributed by atoms with Gasteiger partial charge in [0.15, 0.2) is 0 Å². The summed E-state index contributed by atoms with van der Waals surface area (Å²) in [5, 5.41) is 0. The maximum Gasteiger partial charge on any atom is 0.411 e. The number of hydrogen-bond acceptors (Lipinski definition) is 14. The molecule has 512 valence electrons. The van der Waals surface area contributed by atoms with Gasteiger partial charge in [-0.25, -0.2) is 4.21 Å². The van der Waals surface area contributed by atoms with E-state index >= 15 is 0 Å². The molecule has 14 nitrogen and oxygen atoms in total. The van der Waals surface area contributed by atoms with E-state index in [0.717, 1.165) is 71.5 Å². The van der Waals surface area contributed by atoms with Crippen LogP contribution in [0.25, 0.3) is 0 Å². The molecule has 1 unspecified atom stereocenters. The maximum absolute atomic E-state index is 14.4. The third-order valence-electron chi connectivity index (χ3n) is 15.2. The lowest BCUT2D eigenvalue weighted by Gasteiger charge is -2.38. The predicted octanol–water partition coefficient (Wildman–Crippen LogP) is 20.8. The van der Waals surface area contributed by atoms with E-state index in [2.05, 4.69) is 38.1 Å². The van der Waals surface area contributed by atoms with Gasteiger partial charge in [-0.15, -0.1) is 0 Å². The molecular formula is C79H70F6N6O8S. The number of ether oxygens (including phenoxy) is 6. The van der Waals surface area contributed by atoms with Crippen LogP contribution in [0, 0.1) is 0 Å². The van der Waals surface area contributed by atoms with Gasteiger partial charge in [0, 0.05) is 51.7 Å². The highest BCUT2D eigenvalue weighted by atomic mass is 32.2. The van der Waals surface area contributed by atoms with Crippen LogP contribution in [-0.4, -0.2) is 16.6 Å². The lowest BCUT2D eigenvalue weighted by molar-refractivity contribution is -0.288. The van der Waals surface area contributed by atoms with Crippen molar-refractivity contribution >= 4 is 45.2 Å². The average molecular weight is 1380 g/mol. The average Bonchev–Trinajstić information content (AvgIpc) is 0.717. The van der Waals surface area contributed by atoms with E-state index in [1.54, 1.807) is 97.1 Å². The number of nitrogens with two attached hydrogens (primary N) is 6. The van der Waals surface area contributed by atoms with Crippen molar-refractivity contribution in [2.24, 2.45) is 0 Å². The van der Waals surface area contributed by atoms with Crippen molar-refractivity contribution in [1.82, 2.24) is 0 Å². The highest BCUT2D eigenvalue weighted by Crippen LogP contribution is 2.57. The van der Waals surface area contributed by atoms with Crippen molar-refractivity contribution in [3.05, 3.63) is 313 Å². The van der Waals surface area contributed by atoms with Crippen molar-refractivity contribution in [3.8, 4) is 74.7 Å². The molecule has 0 aromatic heterocycles. The third-order valence-corrected chi connectivity index (χ3v) is 16.2. The zero-order chi connectivity index (χ0) is 70.3. The molecule has 0 spiro atoms. The standard InChI is InChI=1S/C27H20F6N2O2.C27H26N2O2.C24H20N2O4S.CH4/c28-26(29,30)25(27(31,32)33,17-1-9-21(10-2-17)36-23-13-5-19(34)6-14-23)18-3-11-22(12-4-18)37-24-15-7-20(35)8-16-24;1-27(2,19-3-11-23(12-4-19)30-25-15-7-21(28)8-16-25)20-5-13-24(14-6-20)31-26-17-9-22(29)10-18-26;25-17-3-1-5-22(15-17)28-19-7-9-21(10-8-19)30-31(27)24-13-11-20(12-14-24)29-23-6-2-4-18(26)16-23;/h1-16H,34-35H2;3-18H,28-29H2,1-2H3;1-16H,25-26H2;1H4. The van der Waals surface area contributed by atoms with Crippen LogP contribution in [0.5, 0.6) is 74.7 Å². The molecule has 1 atom stereocenters. The molecule has 0 saturated heterocycles. The van der Waals surface area contributed by atoms with Crippen LogP contribution in [0.1, 0.15) is 43.5 Å². The fourth-order valence-corrected chi connectivity index (χ4v) is 10.7. The number of rotatable bonds is 19. The van der Waals surface area contributed by atoms with E-state index in [0.29, 0.717) is 79.3 Å². The van der Waals surface area contributed by atoms with Gasteiger partial charge < -0.3 is 67.0 Å². The molecule has 0 amide bonds. The van der Waals surface area contributed by atoms with E-state index in [9.17, 15) is 30.6 Å². The summed E-state index contributed by atoms with van der Waals surface area (Å²) in [6, 6.07) is 78.6. The van der Waals surface area contributed by atoms with Crippen LogP contribution in [0.15, 0.2) is 296 Å². The Kier molecular flexibility index (Phi) is 22.9. The van der Waals surface area contributed by atoms with Crippen molar-refractivity contribution < 1.29 is 63.2 Å². The molecule has 12 rings (SSSR count). The second-order valence-electron chi connectivity index (χ2n) is 22.8. The number of benzene rings is 12. The molecule has 0 bridgehead atoms. The van der Waals surface area contributed by atoms with Crippen molar-refractivity contribution in [1.29, 1.82) is 0 Å². The first kappa shape index (κ1) is 72.0. The topological polar surface area (TPSA) is 238 Å². The van der Waals surface area contributed by atoms with Crippen LogP contribution < -0.4 is 67.0 Å². The Bertz CT molecular complexity index is 4420. The number of nitrogen functional groups attached to an aromatic ring is 6. The van der Waals surface area contributed by atoms with Crippen LogP contribution in [-0.2, 0) is 21.9 Å². The van der Waals surface area contributed by atoms with E-state index in [4.69, 9.17) is 67.0 Å². The van der Waals surface area contributed by atoms with Crippen molar-refractivity contribution in [2.45, 2.75) is 49.4 Å². The molecule has 12 aromatic rings. The van der Waals surface area contributed by atoms with Gasteiger partial charge in [0.05, 0.1) is 4.90 Å². The predicted molar refractivity (Wildman–Crippen MR) is 383 cm³/mol. The summed E-state index contributed by atoms with van der Waals surface area (Å²) in [6.07, 6.45) is -11.4. The van der Waals surface area contributed by atoms with Crippen LogP contribution in [0.3, 0.4) is 0 Å². The molecular weight excluding hydrogens is 1310 g/mol. The molecule has 0 heterocycles. The van der Waals surface area contributed by atoms with Gasteiger partial charge >= 0.3 is 12.4 Å². The van der Waals surface area contributed by atoms with Gasteiger partial charge in [0.2, 0.25) is 16.5 Å². The Labute approximate surface area is 577 Å². The van der Waals surface area contributed by atoms with Gasteiger partial charge in [0.25, 0.3) is 0 Å². The second-order valence-corrected chi connectivity index (χ2v) is 23.9. The smallest absolute Gasteiger partial charge is 0.411 e. The summed E-state index contributed by atoms with van der Waals surface area (Å²) >= 11 is -1.67. The Hall–Kier alpha value is -12.2. The Morgan fingerprint density at radius 1 is 0.270 bits per heavy atom. The SMILES string of the molecule is C.CC(C)(c1ccc(Oc2ccc(N)cc2)cc1)c1ccc(Oc2ccc(N)cc2)cc1.Nc1ccc(Oc2ccc(C(c3ccc(Oc4ccc(N)cc4)cc3)(C(F)(F)F)C(F)(F)F)cc2)cc1.Nc1cccc(Oc2ccc(OS(=O)c3ccc(Oc4cccc(N)c4)cc3)cc2)c1. The Morgan fingerprint density at radius 2 is 0.490 bits per heavy atom. The van der Waals surface area contributed by atoms with Gasteiger partial charge in [-0.3, -0.25) is 0 Å². The highest BCUT2D eigenvalue weighted by Gasteiger charge is 2.72. The van der Waals surface area contributed by atoms with E-state index in [-0.39, 0.29) is 24.3 Å².